The Bertz CT molecular complexity index is 909. The van der Waals surface area contributed by atoms with E-state index in [0.29, 0.717) is 29.6 Å². The number of benzene rings is 2. The average Bonchev–Trinajstić information content (AvgIpc) is 3.56. The zero-order valence-electron chi connectivity index (χ0n) is 16.7. The molecule has 0 unspecified atom stereocenters. The number of nitrogens with one attached hydrogen (secondary N) is 1. The molecule has 0 bridgehead atoms. The highest BCUT2D eigenvalue weighted by Gasteiger charge is 2.44. The summed E-state index contributed by atoms with van der Waals surface area (Å²) in [4.78, 5) is 28.7. The number of unbranched alkanes of at least 4 members (excludes halogenated alkanes) is 1. The first-order chi connectivity index (χ1) is 14.1. The smallest absolute Gasteiger partial charge is 0.254 e. The molecule has 1 aliphatic carbocycles. The standard InChI is InChI=1S/C24H27ClN2O2/c1-2-3-13-27-22(17-7-6-8-18(25)14-17)21(23(28)26-15-16-11-12-16)19-9-4-5-10-20(19)24(27)29/h4-10,14,16,21-22H,2-3,11-13,15H2,1H3,(H,26,28)/t21-,22-/m1/s1. The molecule has 1 fully saturated rings. The van der Waals surface area contributed by atoms with Crippen LogP contribution in [-0.4, -0.2) is 29.8 Å². The van der Waals surface area contributed by atoms with E-state index in [-0.39, 0.29) is 17.9 Å². The van der Waals surface area contributed by atoms with Crippen LogP contribution in [0.1, 0.15) is 66.1 Å². The van der Waals surface area contributed by atoms with Crippen molar-refractivity contribution < 1.29 is 9.59 Å². The van der Waals surface area contributed by atoms with Crippen molar-refractivity contribution in [2.75, 3.05) is 13.1 Å². The Morgan fingerprint density at radius 2 is 1.97 bits per heavy atom. The second-order valence-corrected chi connectivity index (χ2v) is 8.54. The fourth-order valence-electron chi connectivity index (χ4n) is 4.19. The molecule has 2 aromatic carbocycles. The third-order valence-electron chi connectivity index (χ3n) is 5.93. The van der Waals surface area contributed by atoms with Gasteiger partial charge in [0.15, 0.2) is 0 Å². The second-order valence-electron chi connectivity index (χ2n) is 8.11. The number of carbonyl (C=O) groups excluding carboxylic acids is 2. The molecule has 5 heteroatoms. The number of amides is 2. The maximum absolute atomic E-state index is 13.4. The Hall–Kier alpha value is -2.33. The summed E-state index contributed by atoms with van der Waals surface area (Å²) in [6.07, 6.45) is 4.23. The Balaban J connectivity index is 1.79. The van der Waals surface area contributed by atoms with Gasteiger partial charge in [-0.2, -0.15) is 0 Å². The molecule has 0 saturated heterocycles. The first-order valence-electron chi connectivity index (χ1n) is 10.5. The fourth-order valence-corrected chi connectivity index (χ4v) is 4.39. The predicted molar refractivity (Wildman–Crippen MR) is 115 cm³/mol. The number of carbonyl (C=O) groups is 2. The van der Waals surface area contributed by atoms with E-state index in [9.17, 15) is 9.59 Å². The highest BCUT2D eigenvalue weighted by atomic mass is 35.5. The molecule has 1 saturated carbocycles. The number of halogens is 1. The lowest BCUT2D eigenvalue weighted by Gasteiger charge is -2.42. The summed E-state index contributed by atoms with van der Waals surface area (Å²) in [5.41, 5.74) is 2.35. The summed E-state index contributed by atoms with van der Waals surface area (Å²) in [5.74, 6) is 0.131. The van der Waals surface area contributed by atoms with Gasteiger partial charge in [0, 0.05) is 23.7 Å². The summed E-state index contributed by atoms with van der Waals surface area (Å²) in [6, 6.07) is 14.7. The zero-order chi connectivity index (χ0) is 20.4. The van der Waals surface area contributed by atoms with E-state index in [2.05, 4.69) is 12.2 Å². The Labute approximate surface area is 177 Å². The lowest BCUT2D eigenvalue weighted by molar-refractivity contribution is -0.124. The van der Waals surface area contributed by atoms with E-state index in [1.807, 2.05) is 53.4 Å². The average molecular weight is 411 g/mol. The topological polar surface area (TPSA) is 49.4 Å². The van der Waals surface area contributed by atoms with Crippen LogP contribution in [0.25, 0.3) is 0 Å². The molecule has 2 aliphatic rings. The minimum Gasteiger partial charge on any atom is -0.355 e. The van der Waals surface area contributed by atoms with E-state index in [4.69, 9.17) is 11.6 Å². The van der Waals surface area contributed by atoms with Gasteiger partial charge in [-0.3, -0.25) is 9.59 Å². The van der Waals surface area contributed by atoms with Crippen molar-refractivity contribution in [3.05, 3.63) is 70.2 Å². The summed E-state index contributed by atoms with van der Waals surface area (Å²) < 4.78 is 0. The van der Waals surface area contributed by atoms with Gasteiger partial charge in [-0.05, 0) is 54.5 Å². The molecule has 0 aromatic heterocycles. The maximum Gasteiger partial charge on any atom is 0.254 e. The Morgan fingerprint density at radius 3 is 2.69 bits per heavy atom. The van der Waals surface area contributed by atoms with E-state index >= 15 is 0 Å². The summed E-state index contributed by atoms with van der Waals surface area (Å²) in [7, 11) is 0. The normalized spacial score (nSPS) is 21.0. The largest absolute Gasteiger partial charge is 0.355 e. The lowest BCUT2D eigenvalue weighted by Crippen LogP contribution is -2.48. The van der Waals surface area contributed by atoms with E-state index in [1.54, 1.807) is 0 Å². The number of nitrogens with zero attached hydrogens (tertiary/aromatic N) is 1. The van der Waals surface area contributed by atoms with Crippen LogP contribution in [0.2, 0.25) is 5.02 Å². The van der Waals surface area contributed by atoms with Crippen LogP contribution in [0, 0.1) is 5.92 Å². The van der Waals surface area contributed by atoms with Crippen LogP contribution in [0.4, 0.5) is 0 Å². The van der Waals surface area contributed by atoms with Gasteiger partial charge in [0.1, 0.15) is 0 Å². The van der Waals surface area contributed by atoms with Gasteiger partial charge in [0.05, 0.1) is 12.0 Å². The van der Waals surface area contributed by atoms with E-state index < -0.39 is 5.92 Å². The van der Waals surface area contributed by atoms with Gasteiger partial charge in [-0.15, -0.1) is 0 Å². The van der Waals surface area contributed by atoms with Crippen molar-refractivity contribution in [3.8, 4) is 0 Å². The van der Waals surface area contributed by atoms with Gasteiger partial charge in [0.25, 0.3) is 5.91 Å². The van der Waals surface area contributed by atoms with Crippen molar-refractivity contribution in [3.63, 3.8) is 0 Å². The monoisotopic (exact) mass is 410 g/mol. The molecule has 4 nitrogen and oxygen atoms in total. The molecule has 0 radical (unpaired) electrons. The van der Waals surface area contributed by atoms with Crippen LogP contribution in [-0.2, 0) is 4.79 Å². The first-order valence-corrected chi connectivity index (χ1v) is 10.9. The van der Waals surface area contributed by atoms with Crippen LogP contribution in [0.3, 0.4) is 0 Å². The Kier molecular flexibility index (Phi) is 5.91. The zero-order valence-corrected chi connectivity index (χ0v) is 17.5. The molecule has 2 atom stereocenters. The van der Waals surface area contributed by atoms with Crippen LogP contribution >= 0.6 is 11.6 Å². The van der Waals surface area contributed by atoms with Crippen molar-refractivity contribution in [2.45, 2.75) is 44.6 Å². The molecule has 152 valence electrons. The highest BCUT2D eigenvalue weighted by Crippen LogP contribution is 2.43. The molecule has 29 heavy (non-hydrogen) atoms. The summed E-state index contributed by atoms with van der Waals surface area (Å²) in [6.45, 7) is 3.44. The minimum atomic E-state index is -0.446. The quantitative estimate of drug-likeness (QED) is 0.702. The summed E-state index contributed by atoms with van der Waals surface area (Å²) >= 11 is 6.29. The first kappa shape index (κ1) is 20.0. The van der Waals surface area contributed by atoms with E-state index in [0.717, 1.165) is 24.0 Å². The van der Waals surface area contributed by atoms with Crippen molar-refractivity contribution in [1.29, 1.82) is 0 Å². The molecular weight excluding hydrogens is 384 g/mol. The molecule has 2 aromatic rings. The van der Waals surface area contributed by atoms with Crippen molar-refractivity contribution in [2.24, 2.45) is 5.92 Å². The van der Waals surface area contributed by atoms with Gasteiger partial charge < -0.3 is 10.2 Å². The van der Waals surface area contributed by atoms with Gasteiger partial charge >= 0.3 is 0 Å². The molecule has 4 rings (SSSR count). The predicted octanol–water partition coefficient (Wildman–Crippen LogP) is 4.95. The minimum absolute atomic E-state index is 0.00901. The summed E-state index contributed by atoms with van der Waals surface area (Å²) in [5, 5.41) is 3.76. The fraction of sp³-hybridized carbons (Fsp3) is 0.417. The van der Waals surface area contributed by atoms with Crippen molar-refractivity contribution in [1.82, 2.24) is 10.2 Å². The third kappa shape index (κ3) is 4.18. The van der Waals surface area contributed by atoms with Crippen LogP contribution in [0.5, 0.6) is 0 Å². The molecule has 1 N–H and O–H groups in total. The highest BCUT2D eigenvalue weighted by molar-refractivity contribution is 6.30. The van der Waals surface area contributed by atoms with Crippen molar-refractivity contribution >= 4 is 23.4 Å². The number of fused-ring (bicyclic) bond motifs is 1. The molecule has 1 aliphatic heterocycles. The lowest BCUT2D eigenvalue weighted by atomic mass is 9.79. The third-order valence-corrected chi connectivity index (χ3v) is 6.16. The molecule has 0 spiro atoms. The van der Waals surface area contributed by atoms with E-state index in [1.165, 1.54) is 12.8 Å². The van der Waals surface area contributed by atoms with Gasteiger partial charge in [-0.25, -0.2) is 0 Å². The maximum atomic E-state index is 13.4. The van der Waals surface area contributed by atoms with Gasteiger partial charge in [0.2, 0.25) is 5.91 Å². The Morgan fingerprint density at radius 1 is 1.17 bits per heavy atom. The molecule has 2 amide bonds. The molecule has 1 heterocycles. The number of rotatable bonds is 7. The van der Waals surface area contributed by atoms with Gasteiger partial charge in [-0.1, -0.05) is 55.3 Å². The van der Waals surface area contributed by atoms with Crippen LogP contribution < -0.4 is 5.32 Å². The second kappa shape index (κ2) is 8.58. The SMILES string of the molecule is CCCCN1C(=O)c2ccccc2[C@@H](C(=O)NCC2CC2)[C@H]1c1cccc(Cl)c1. The number of hydrogen-bond donors (Lipinski definition) is 1. The molecular formula is C24H27ClN2O2. The number of hydrogen-bond acceptors (Lipinski definition) is 2. The van der Waals surface area contributed by atoms with Crippen LogP contribution in [0.15, 0.2) is 48.5 Å².